The van der Waals surface area contributed by atoms with E-state index < -0.39 is 5.97 Å². The molecule has 2 rings (SSSR count). The number of nitrogens with zero attached hydrogens (tertiary/aromatic N) is 1. The van der Waals surface area contributed by atoms with Gasteiger partial charge in [0.15, 0.2) is 0 Å². The Kier molecular flexibility index (Phi) is 4.96. The third-order valence-corrected chi connectivity index (χ3v) is 5.27. The number of carboxylic acids is 1. The van der Waals surface area contributed by atoms with Crippen LogP contribution in [-0.2, 0) is 4.79 Å². The van der Waals surface area contributed by atoms with E-state index in [0.29, 0.717) is 18.3 Å². The molecule has 0 spiro atoms. The van der Waals surface area contributed by atoms with Crippen LogP contribution in [0.2, 0.25) is 0 Å². The van der Waals surface area contributed by atoms with Crippen molar-refractivity contribution in [3.8, 4) is 0 Å². The van der Waals surface area contributed by atoms with Crippen LogP contribution in [-0.4, -0.2) is 52.6 Å². The standard InChI is InChI=1S/C13H22N2O3S/c1-19-11-4-2-3-10(11)14-13(18)15-6-5-9(8-15)7-12(16)17/h9-11H,2-8H2,1H3,(H,14,18)(H,16,17). The molecule has 3 unspecified atom stereocenters. The lowest BCUT2D eigenvalue weighted by atomic mass is 10.1. The molecule has 2 aliphatic rings. The van der Waals surface area contributed by atoms with Gasteiger partial charge in [0, 0.05) is 30.8 Å². The number of rotatable bonds is 4. The summed E-state index contributed by atoms with van der Waals surface area (Å²) in [5.41, 5.74) is 0. The summed E-state index contributed by atoms with van der Waals surface area (Å²) in [6, 6.07) is 0.264. The number of aliphatic carboxylic acids is 1. The van der Waals surface area contributed by atoms with Crippen molar-refractivity contribution in [1.82, 2.24) is 10.2 Å². The van der Waals surface area contributed by atoms with Crippen molar-refractivity contribution in [2.24, 2.45) is 5.92 Å². The highest BCUT2D eigenvalue weighted by molar-refractivity contribution is 7.99. The average Bonchev–Trinajstić information content (AvgIpc) is 2.97. The lowest BCUT2D eigenvalue weighted by Crippen LogP contribution is -2.46. The molecule has 108 valence electrons. The topological polar surface area (TPSA) is 69.6 Å². The zero-order valence-electron chi connectivity index (χ0n) is 11.3. The van der Waals surface area contributed by atoms with Gasteiger partial charge in [-0.2, -0.15) is 11.8 Å². The van der Waals surface area contributed by atoms with Gasteiger partial charge in [-0.1, -0.05) is 6.42 Å². The molecule has 1 aliphatic heterocycles. The summed E-state index contributed by atoms with van der Waals surface area (Å²) in [6.07, 6.45) is 6.47. The summed E-state index contributed by atoms with van der Waals surface area (Å²) in [5.74, 6) is -0.659. The largest absolute Gasteiger partial charge is 0.481 e. The SMILES string of the molecule is CSC1CCCC1NC(=O)N1CCC(CC(=O)O)C1. The van der Waals surface area contributed by atoms with Crippen molar-refractivity contribution in [3.63, 3.8) is 0 Å². The number of carbonyl (C=O) groups excluding carboxylic acids is 1. The Labute approximate surface area is 118 Å². The minimum Gasteiger partial charge on any atom is -0.481 e. The van der Waals surface area contributed by atoms with E-state index in [1.54, 1.807) is 4.90 Å². The van der Waals surface area contributed by atoms with E-state index in [1.165, 1.54) is 12.8 Å². The molecule has 5 nitrogen and oxygen atoms in total. The monoisotopic (exact) mass is 286 g/mol. The van der Waals surface area contributed by atoms with Gasteiger partial charge in [0.1, 0.15) is 0 Å². The summed E-state index contributed by atoms with van der Waals surface area (Å²) < 4.78 is 0. The van der Waals surface area contributed by atoms with Crippen molar-refractivity contribution in [1.29, 1.82) is 0 Å². The molecule has 0 aromatic carbocycles. The lowest BCUT2D eigenvalue weighted by molar-refractivity contribution is -0.138. The number of urea groups is 1. The highest BCUT2D eigenvalue weighted by Crippen LogP contribution is 2.29. The summed E-state index contributed by atoms with van der Waals surface area (Å²) in [6.45, 7) is 1.26. The summed E-state index contributed by atoms with van der Waals surface area (Å²) >= 11 is 1.82. The van der Waals surface area contributed by atoms with Crippen LogP contribution in [0.1, 0.15) is 32.1 Å². The molecule has 0 radical (unpaired) electrons. The third-order valence-electron chi connectivity index (χ3n) is 4.10. The second-order valence-corrected chi connectivity index (χ2v) is 6.54. The fraction of sp³-hybridized carbons (Fsp3) is 0.846. The van der Waals surface area contributed by atoms with Crippen LogP contribution >= 0.6 is 11.8 Å². The highest BCUT2D eigenvalue weighted by atomic mass is 32.2. The van der Waals surface area contributed by atoms with Crippen LogP contribution < -0.4 is 5.32 Å². The van der Waals surface area contributed by atoms with Crippen LogP contribution in [0.4, 0.5) is 4.79 Å². The smallest absolute Gasteiger partial charge is 0.317 e. The second-order valence-electron chi connectivity index (χ2n) is 5.46. The van der Waals surface area contributed by atoms with Crippen molar-refractivity contribution in [2.75, 3.05) is 19.3 Å². The fourth-order valence-corrected chi connectivity index (χ4v) is 3.99. The van der Waals surface area contributed by atoms with Crippen LogP contribution in [0.15, 0.2) is 0 Å². The molecule has 2 N–H and O–H groups in total. The summed E-state index contributed by atoms with van der Waals surface area (Å²) in [7, 11) is 0. The van der Waals surface area contributed by atoms with E-state index in [4.69, 9.17) is 5.11 Å². The summed E-state index contributed by atoms with van der Waals surface area (Å²) in [4.78, 5) is 24.6. The summed E-state index contributed by atoms with van der Waals surface area (Å²) in [5, 5.41) is 12.4. The number of thioether (sulfide) groups is 1. The number of carbonyl (C=O) groups is 2. The molecule has 19 heavy (non-hydrogen) atoms. The van der Waals surface area contributed by atoms with Gasteiger partial charge in [-0.15, -0.1) is 0 Å². The molecular formula is C13H22N2O3S. The van der Waals surface area contributed by atoms with Gasteiger partial charge in [0.25, 0.3) is 0 Å². The maximum atomic E-state index is 12.2. The molecule has 1 heterocycles. The van der Waals surface area contributed by atoms with Crippen LogP contribution in [0.25, 0.3) is 0 Å². The maximum Gasteiger partial charge on any atom is 0.317 e. The van der Waals surface area contributed by atoms with Gasteiger partial charge < -0.3 is 15.3 Å². The predicted octanol–water partition coefficient (Wildman–Crippen LogP) is 1.78. The molecular weight excluding hydrogens is 264 g/mol. The molecule has 6 heteroatoms. The number of amides is 2. The first-order valence-corrected chi connectivity index (χ1v) is 8.19. The van der Waals surface area contributed by atoms with E-state index in [2.05, 4.69) is 11.6 Å². The Hall–Kier alpha value is -0.910. The second kappa shape index (κ2) is 6.50. The van der Waals surface area contributed by atoms with Gasteiger partial charge >= 0.3 is 12.0 Å². The van der Waals surface area contributed by atoms with Gasteiger partial charge in [0.2, 0.25) is 0 Å². The van der Waals surface area contributed by atoms with Gasteiger partial charge in [-0.05, 0) is 31.4 Å². The average molecular weight is 286 g/mol. The third kappa shape index (κ3) is 3.78. The molecule has 0 aromatic rings. The lowest BCUT2D eigenvalue weighted by Gasteiger charge is -2.23. The van der Waals surface area contributed by atoms with E-state index in [9.17, 15) is 9.59 Å². The van der Waals surface area contributed by atoms with Crippen molar-refractivity contribution < 1.29 is 14.7 Å². The number of carboxylic acid groups (broad SMARTS) is 1. The Morgan fingerprint density at radius 2 is 2.16 bits per heavy atom. The van der Waals surface area contributed by atoms with Crippen LogP contribution in [0, 0.1) is 5.92 Å². The number of nitrogens with one attached hydrogen (secondary N) is 1. The van der Waals surface area contributed by atoms with E-state index in [-0.39, 0.29) is 24.4 Å². The van der Waals surface area contributed by atoms with Gasteiger partial charge in [-0.25, -0.2) is 4.79 Å². The first-order valence-electron chi connectivity index (χ1n) is 6.90. The number of hydrogen-bond donors (Lipinski definition) is 2. The molecule has 0 aromatic heterocycles. The van der Waals surface area contributed by atoms with Crippen molar-refractivity contribution in [3.05, 3.63) is 0 Å². The Morgan fingerprint density at radius 3 is 2.84 bits per heavy atom. The molecule has 1 saturated heterocycles. The minimum absolute atomic E-state index is 0.0150. The Balaban J connectivity index is 1.79. The molecule has 3 atom stereocenters. The number of hydrogen-bond acceptors (Lipinski definition) is 3. The van der Waals surface area contributed by atoms with E-state index in [0.717, 1.165) is 12.8 Å². The molecule has 1 aliphatic carbocycles. The van der Waals surface area contributed by atoms with Crippen LogP contribution in [0.3, 0.4) is 0 Å². The first kappa shape index (κ1) is 14.5. The normalized spacial score (nSPS) is 30.6. The van der Waals surface area contributed by atoms with E-state index in [1.807, 2.05) is 11.8 Å². The zero-order valence-corrected chi connectivity index (χ0v) is 12.1. The molecule has 1 saturated carbocycles. The number of likely N-dealkylation sites (tertiary alicyclic amines) is 1. The van der Waals surface area contributed by atoms with Crippen LogP contribution in [0.5, 0.6) is 0 Å². The minimum atomic E-state index is -0.773. The predicted molar refractivity (Wildman–Crippen MR) is 75.4 cm³/mol. The molecule has 0 bridgehead atoms. The fourth-order valence-electron chi connectivity index (χ4n) is 3.05. The van der Waals surface area contributed by atoms with Gasteiger partial charge in [-0.3, -0.25) is 4.79 Å². The van der Waals surface area contributed by atoms with Crippen molar-refractivity contribution >= 4 is 23.8 Å². The van der Waals surface area contributed by atoms with Gasteiger partial charge in [0.05, 0.1) is 0 Å². The molecule has 2 amide bonds. The highest BCUT2D eigenvalue weighted by Gasteiger charge is 2.32. The Bertz CT molecular complexity index is 351. The van der Waals surface area contributed by atoms with E-state index >= 15 is 0 Å². The Morgan fingerprint density at radius 1 is 1.37 bits per heavy atom. The maximum absolute atomic E-state index is 12.2. The zero-order chi connectivity index (χ0) is 13.8. The molecule has 2 fully saturated rings. The first-order chi connectivity index (χ1) is 9.10. The quantitative estimate of drug-likeness (QED) is 0.826. The van der Waals surface area contributed by atoms with Crippen molar-refractivity contribution in [2.45, 2.75) is 43.4 Å².